The predicted molar refractivity (Wildman–Crippen MR) is 297 cm³/mol. The Labute approximate surface area is 450 Å². The number of aromatic nitrogens is 8. The minimum absolute atomic E-state index is 0.236. The Morgan fingerprint density at radius 3 is 1.10 bits per heavy atom. The van der Waals surface area contributed by atoms with Gasteiger partial charge in [0.1, 0.15) is 22.6 Å². The van der Waals surface area contributed by atoms with Gasteiger partial charge < -0.3 is 33.1 Å². The van der Waals surface area contributed by atoms with Gasteiger partial charge in [-0.2, -0.15) is 0 Å². The molecule has 2 aliphatic heterocycles. The van der Waals surface area contributed by atoms with Crippen LogP contribution in [0, 0.1) is 21.7 Å². The zero-order chi connectivity index (χ0) is 50.8. The van der Waals surface area contributed by atoms with Gasteiger partial charge in [0.25, 0.3) is 0 Å². The van der Waals surface area contributed by atoms with Gasteiger partial charge in [-0.1, -0.05) is 132 Å². The molecule has 2 aliphatic rings. The molecule has 4 aromatic carbocycles. The molecule has 3 N–H and O–H groups in total. The van der Waals surface area contributed by atoms with Crippen molar-refractivity contribution in [1.82, 2.24) is 39.9 Å². The molecular weight excluding hydrogens is 1160 g/mol. The third-order valence-electron chi connectivity index (χ3n) is 10.7. The number of ether oxygens (including phenoxy) is 4. The Hall–Kier alpha value is -4.15. The summed E-state index contributed by atoms with van der Waals surface area (Å²) in [4.78, 5) is 39.0. The lowest BCUT2D eigenvalue weighted by Crippen LogP contribution is -2.23. The monoisotopic (exact) mass is 1220 g/mol. The van der Waals surface area contributed by atoms with E-state index in [4.69, 9.17) is 53.0 Å². The van der Waals surface area contributed by atoms with E-state index in [0.717, 1.165) is 50.6 Å². The Morgan fingerprint density at radius 1 is 0.414 bits per heavy atom. The van der Waals surface area contributed by atoms with Crippen molar-refractivity contribution < 1.29 is 23.1 Å². The fourth-order valence-corrected chi connectivity index (χ4v) is 10.1. The molecule has 70 heavy (non-hydrogen) atoms. The number of fused-ring (bicyclic) bond motifs is 20. The minimum atomic E-state index is -0.261. The summed E-state index contributed by atoms with van der Waals surface area (Å²) in [5.74, 6) is 3.32. The molecule has 3 aromatic heterocycles. The molecule has 5 heterocycles. The highest BCUT2D eigenvalue weighted by atomic mass is 79.9. The quantitative estimate of drug-likeness (QED) is 0.0753. The van der Waals surface area contributed by atoms with Crippen LogP contribution in [0.2, 0.25) is 0 Å². The average Bonchev–Trinajstić information content (AvgIpc) is 4.03. The molecule has 9 rings (SSSR count). The van der Waals surface area contributed by atoms with Crippen LogP contribution in [0.1, 0.15) is 83.1 Å². The number of H-pyrrole nitrogens is 2. The minimum Gasteiger partial charge on any atom is -0.521 e. The molecule has 18 heteroatoms. The van der Waals surface area contributed by atoms with Gasteiger partial charge in [0.05, 0.1) is 37.6 Å². The lowest BCUT2D eigenvalue weighted by Gasteiger charge is -2.29. The summed E-state index contributed by atoms with van der Waals surface area (Å²) in [6.07, 6.45) is 0. The number of nitrogens with one attached hydrogen (secondary N) is 2. The maximum absolute atomic E-state index is 7.14. The molecule has 0 saturated heterocycles. The van der Waals surface area contributed by atoms with E-state index in [2.05, 4.69) is 157 Å². The van der Waals surface area contributed by atoms with E-state index in [-0.39, 0.29) is 21.7 Å². The normalized spacial score (nSPS) is 12.6. The van der Waals surface area contributed by atoms with Crippen LogP contribution in [0.5, 0.6) is 23.0 Å². The van der Waals surface area contributed by atoms with E-state index in [9.17, 15) is 0 Å². The Kier molecular flexibility index (Phi) is 14.7. The number of nitrogens with zero attached hydrogens (tertiary/aromatic N) is 6. The van der Waals surface area contributed by atoms with Gasteiger partial charge in [-0.25, -0.2) is 29.9 Å². The Bertz CT molecular complexity index is 3370. The predicted octanol–water partition coefficient (Wildman–Crippen LogP) is 14.1. The summed E-state index contributed by atoms with van der Waals surface area (Å²) >= 11 is 15.8. The fourth-order valence-electron chi connectivity index (χ4n) is 7.64. The molecule has 8 bridgehead atoms. The van der Waals surface area contributed by atoms with Crippen molar-refractivity contribution in [1.29, 1.82) is 0 Å². The standard InChI is InChI=1S/C52H54Br4N8O4.Al.H2O.2H/c1-49(2,3)21-65-37-31-32(38(66-22-50(4,5)6)40(68-24-52(10,11)12)39(37)67-23-51(7,8)9)48-63-46-30-29(33(53)35(55)36(56)34(30)54)45(62-46)60-43-27-19-15-13-17-25(27)41(58-43)57-42-26-18-14-16-20-28(26)44(59-42)61-47(31)64-48;;;;/h13-20H,21-24H2,1-12H3,(H2,57,58,59,60,61,62,63,64);;1H2;;/q;+1;;;/p-1. The fraction of sp³-hybridized carbons (Fsp3) is 0.385. The van der Waals surface area contributed by atoms with E-state index < -0.39 is 0 Å². The topological polar surface area (TPSA) is 166 Å². The number of hydrogen-bond donors (Lipinski definition) is 3. The lowest BCUT2D eigenvalue weighted by molar-refractivity contribution is 0.140. The maximum atomic E-state index is 7.14. The van der Waals surface area contributed by atoms with E-state index in [1.165, 1.54) is 0 Å². The first-order valence-electron chi connectivity index (χ1n) is 22.9. The van der Waals surface area contributed by atoms with Crippen molar-refractivity contribution in [3.63, 3.8) is 0 Å². The smallest absolute Gasteiger partial charge is 0.407 e. The maximum Gasteiger partial charge on any atom is 0.407 e. The molecule has 0 radical (unpaired) electrons. The molecule has 0 spiro atoms. The van der Waals surface area contributed by atoms with Gasteiger partial charge >= 0.3 is 16.6 Å². The zero-order valence-electron chi connectivity index (χ0n) is 41.7. The van der Waals surface area contributed by atoms with Crippen LogP contribution in [-0.2, 0) is 0 Å². The number of aromatic amines is 2. The van der Waals surface area contributed by atoms with Crippen molar-refractivity contribution in [3.8, 4) is 68.5 Å². The summed E-state index contributed by atoms with van der Waals surface area (Å²) in [6.45, 7) is 26.9. The van der Waals surface area contributed by atoms with Crippen LogP contribution >= 0.6 is 63.7 Å². The van der Waals surface area contributed by atoms with Crippen molar-refractivity contribution in [2.75, 3.05) is 26.4 Å². The van der Waals surface area contributed by atoms with Crippen LogP contribution in [0.4, 0.5) is 0 Å². The molecule has 0 aliphatic carbocycles. The molecule has 0 fully saturated rings. The van der Waals surface area contributed by atoms with E-state index in [1.807, 2.05) is 48.5 Å². The Morgan fingerprint density at radius 2 is 0.714 bits per heavy atom. The van der Waals surface area contributed by atoms with Gasteiger partial charge in [0, 0.05) is 50.6 Å². The second-order valence-electron chi connectivity index (χ2n) is 22.2. The van der Waals surface area contributed by atoms with Crippen LogP contribution in [0.25, 0.3) is 89.7 Å². The van der Waals surface area contributed by atoms with Crippen LogP contribution in [0.3, 0.4) is 0 Å². The molecule has 366 valence electrons. The first-order chi connectivity index (χ1) is 32.9. The second-order valence-corrected chi connectivity index (χ2v) is 25.3. The van der Waals surface area contributed by atoms with Crippen molar-refractivity contribution >= 4 is 124 Å². The zero-order valence-corrected chi connectivity index (χ0v) is 50.1. The molecule has 0 atom stereocenters. The first kappa shape index (κ1) is 52.2. The number of benzene rings is 4. The van der Waals surface area contributed by atoms with Crippen molar-refractivity contribution in [3.05, 3.63) is 66.4 Å². The summed E-state index contributed by atoms with van der Waals surface area (Å²) in [5, 5.41) is 3.19. The number of hydrogen-bond acceptors (Lipinski definition) is 11. The van der Waals surface area contributed by atoms with Gasteiger partial charge in [0.15, 0.2) is 34.8 Å². The molecule has 7 aromatic rings. The van der Waals surface area contributed by atoms with E-state index in [1.54, 1.807) is 0 Å². The van der Waals surface area contributed by atoms with E-state index >= 15 is 0 Å². The van der Waals surface area contributed by atoms with E-state index in [0.29, 0.717) is 123 Å². The summed E-state index contributed by atoms with van der Waals surface area (Å²) in [5.41, 5.74) is 3.91. The average molecular weight is 1220 g/mol. The first-order valence-corrected chi connectivity index (χ1v) is 27.0. The highest BCUT2D eigenvalue weighted by Gasteiger charge is 2.38. The summed E-state index contributed by atoms with van der Waals surface area (Å²) in [6, 6.07) is 16.0. The van der Waals surface area contributed by atoms with Crippen LogP contribution in [-0.4, -0.2) is 87.1 Å². The van der Waals surface area contributed by atoms with Crippen molar-refractivity contribution in [2.24, 2.45) is 21.7 Å². The van der Waals surface area contributed by atoms with Gasteiger partial charge in [0.2, 0.25) is 11.5 Å². The largest absolute Gasteiger partial charge is 0.521 e. The molecule has 0 saturated carbocycles. The van der Waals surface area contributed by atoms with Crippen LogP contribution < -0.4 is 18.9 Å². The number of rotatable bonds is 8. The Balaban J connectivity index is 0.00000325. The number of halogens is 4. The molecule has 13 nitrogen and oxygen atoms in total. The van der Waals surface area contributed by atoms with Gasteiger partial charge in [-0.15, -0.1) is 0 Å². The highest BCUT2D eigenvalue weighted by Crippen LogP contribution is 2.59. The summed E-state index contributed by atoms with van der Waals surface area (Å²) in [7, 11) is 0. The van der Waals surface area contributed by atoms with Crippen molar-refractivity contribution in [2.45, 2.75) is 83.1 Å². The lowest BCUT2D eigenvalue weighted by atomic mass is 9.97. The second kappa shape index (κ2) is 19.7. The van der Waals surface area contributed by atoms with Gasteiger partial charge in [-0.3, -0.25) is 0 Å². The SMILES string of the molecule is CC(C)(C)COc1c(OCC(C)(C)C)c(OCC(C)(C)C)c2c(c1OCC(C)(C)C)-c1nc-2nc2[nH]c(nc3nc(nc4[nH]c(n1)c1ccccc41)-c1ccccc1-3)c1c(Br)c(Br)c(Br)c(Br)c21.[OH][AlH2]. The molecular formula is C52H57AlBr4N8O5. The summed E-state index contributed by atoms with van der Waals surface area (Å²) < 4.78 is 38.3. The third-order valence-corrected chi connectivity index (χ3v) is 15.5. The van der Waals surface area contributed by atoms with Crippen LogP contribution in [0.15, 0.2) is 66.4 Å². The highest BCUT2D eigenvalue weighted by molar-refractivity contribution is 9.15. The molecule has 0 unspecified atom stereocenters. The third kappa shape index (κ3) is 10.7. The molecule has 0 amide bonds. The van der Waals surface area contributed by atoms with Gasteiger partial charge in [-0.05, 0) is 85.4 Å².